The third-order valence-electron chi connectivity index (χ3n) is 2.47. The van der Waals surface area contributed by atoms with Crippen LogP contribution in [0, 0.1) is 0 Å². The first-order valence-electron chi connectivity index (χ1n) is 6.09. The molecule has 2 aromatic rings. The Hall–Kier alpha value is -0.850. The second-order valence-electron chi connectivity index (χ2n) is 4.03. The number of hydrogen-bond donors (Lipinski definition) is 1. The summed E-state index contributed by atoms with van der Waals surface area (Å²) in [6.07, 6.45) is 0.924. The second-order valence-corrected chi connectivity index (χ2v) is 7.26. The number of benzene rings is 1. The summed E-state index contributed by atoms with van der Waals surface area (Å²) in [5, 5.41) is 2.88. The number of para-hydroxylation sites is 2. The zero-order chi connectivity index (χ0) is 14.5. The molecule has 0 bridgehead atoms. The van der Waals surface area contributed by atoms with Gasteiger partial charge in [0.2, 0.25) is 0 Å². The molecule has 0 fully saturated rings. The molecule has 2 rings (SSSR count). The van der Waals surface area contributed by atoms with Crippen molar-refractivity contribution in [1.82, 2.24) is 0 Å². The van der Waals surface area contributed by atoms with Crippen molar-refractivity contribution in [3.05, 3.63) is 43.5 Å². The Morgan fingerprint density at radius 3 is 2.75 bits per heavy atom. The predicted octanol–water partition coefficient (Wildman–Crippen LogP) is 5.31. The monoisotopic (exact) mass is 417 g/mol. The standard InChI is InChI=1S/C14H13Br2NO2S/c1-2-7-19-11-6-4-3-5-10(11)17-14(18)12-8-9(15)13(16)20-12/h3-6,8H,2,7H2,1H3,(H,17,18). The molecule has 3 nitrogen and oxygen atoms in total. The lowest BCUT2D eigenvalue weighted by Gasteiger charge is -2.11. The number of carbonyl (C=O) groups is 1. The summed E-state index contributed by atoms with van der Waals surface area (Å²) in [6, 6.07) is 9.24. The summed E-state index contributed by atoms with van der Waals surface area (Å²) >= 11 is 8.15. The summed E-state index contributed by atoms with van der Waals surface area (Å²) in [4.78, 5) is 12.8. The van der Waals surface area contributed by atoms with Crippen LogP contribution >= 0.6 is 43.2 Å². The van der Waals surface area contributed by atoms with Gasteiger partial charge < -0.3 is 10.1 Å². The average Bonchev–Trinajstić information content (AvgIpc) is 2.78. The van der Waals surface area contributed by atoms with Gasteiger partial charge in [0.15, 0.2) is 0 Å². The maximum atomic E-state index is 12.2. The van der Waals surface area contributed by atoms with Crippen molar-refractivity contribution >= 4 is 54.8 Å². The van der Waals surface area contributed by atoms with Crippen LogP contribution < -0.4 is 10.1 Å². The fourth-order valence-electron chi connectivity index (χ4n) is 1.55. The highest BCUT2D eigenvalue weighted by molar-refractivity contribution is 9.13. The van der Waals surface area contributed by atoms with E-state index in [-0.39, 0.29) is 5.91 Å². The van der Waals surface area contributed by atoms with Crippen LogP contribution in [0.15, 0.2) is 38.6 Å². The van der Waals surface area contributed by atoms with Crippen molar-refractivity contribution in [3.8, 4) is 5.75 Å². The van der Waals surface area contributed by atoms with E-state index in [1.54, 1.807) is 6.07 Å². The van der Waals surface area contributed by atoms with Crippen molar-refractivity contribution in [3.63, 3.8) is 0 Å². The van der Waals surface area contributed by atoms with E-state index in [1.807, 2.05) is 31.2 Å². The normalized spacial score (nSPS) is 10.3. The molecule has 0 aliphatic heterocycles. The lowest BCUT2D eigenvalue weighted by Crippen LogP contribution is -2.11. The number of ether oxygens (including phenoxy) is 1. The lowest BCUT2D eigenvalue weighted by atomic mass is 10.3. The highest BCUT2D eigenvalue weighted by atomic mass is 79.9. The molecule has 1 amide bonds. The van der Waals surface area contributed by atoms with Crippen molar-refractivity contribution in [2.45, 2.75) is 13.3 Å². The zero-order valence-electron chi connectivity index (χ0n) is 10.8. The van der Waals surface area contributed by atoms with Crippen molar-refractivity contribution in [2.24, 2.45) is 0 Å². The zero-order valence-corrected chi connectivity index (χ0v) is 14.8. The Morgan fingerprint density at radius 2 is 2.10 bits per heavy atom. The number of anilines is 1. The SMILES string of the molecule is CCCOc1ccccc1NC(=O)c1cc(Br)c(Br)s1. The summed E-state index contributed by atoms with van der Waals surface area (Å²) in [5.41, 5.74) is 0.687. The topological polar surface area (TPSA) is 38.3 Å². The third-order valence-corrected chi connectivity index (χ3v) is 5.72. The van der Waals surface area contributed by atoms with Gasteiger partial charge in [-0.1, -0.05) is 19.1 Å². The van der Waals surface area contributed by atoms with Crippen LogP contribution in [0.25, 0.3) is 0 Å². The molecule has 6 heteroatoms. The fourth-order valence-corrected chi connectivity index (χ4v) is 3.48. The number of carbonyl (C=O) groups excluding carboxylic acids is 1. The molecular weight excluding hydrogens is 406 g/mol. The van der Waals surface area contributed by atoms with E-state index in [1.165, 1.54) is 11.3 Å². The van der Waals surface area contributed by atoms with Crippen molar-refractivity contribution in [2.75, 3.05) is 11.9 Å². The number of amides is 1. The van der Waals surface area contributed by atoms with Gasteiger partial charge in [0.25, 0.3) is 5.91 Å². The first-order chi connectivity index (χ1) is 9.61. The first-order valence-corrected chi connectivity index (χ1v) is 8.50. The molecule has 0 unspecified atom stereocenters. The minimum Gasteiger partial charge on any atom is -0.491 e. The van der Waals surface area contributed by atoms with E-state index in [9.17, 15) is 4.79 Å². The van der Waals surface area contributed by atoms with E-state index in [0.717, 1.165) is 14.7 Å². The molecule has 0 aliphatic rings. The van der Waals surface area contributed by atoms with Crippen LogP contribution in [0.5, 0.6) is 5.75 Å². The van der Waals surface area contributed by atoms with Gasteiger partial charge >= 0.3 is 0 Å². The summed E-state index contributed by atoms with van der Waals surface area (Å²) < 4.78 is 7.40. The molecule has 0 aliphatic carbocycles. The van der Waals surface area contributed by atoms with Crippen LogP contribution in [-0.4, -0.2) is 12.5 Å². The Balaban J connectivity index is 2.15. The minimum absolute atomic E-state index is 0.144. The molecule has 106 valence electrons. The van der Waals surface area contributed by atoms with Crippen LogP contribution in [0.1, 0.15) is 23.0 Å². The Morgan fingerprint density at radius 1 is 1.35 bits per heavy atom. The number of thiophene rings is 1. The maximum absolute atomic E-state index is 12.2. The lowest BCUT2D eigenvalue weighted by molar-refractivity contribution is 0.103. The average molecular weight is 419 g/mol. The van der Waals surface area contributed by atoms with Gasteiger partial charge in [0.1, 0.15) is 5.75 Å². The highest BCUT2D eigenvalue weighted by Gasteiger charge is 2.14. The maximum Gasteiger partial charge on any atom is 0.265 e. The van der Waals surface area contributed by atoms with Crippen molar-refractivity contribution < 1.29 is 9.53 Å². The number of hydrogen-bond acceptors (Lipinski definition) is 3. The molecule has 1 N–H and O–H groups in total. The third kappa shape index (κ3) is 3.84. The Labute approximate surface area is 138 Å². The Bertz CT molecular complexity index is 593. The minimum atomic E-state index is -0.144. The van der Waals surface area contributed by atoms with Crippen LogP contribution in [-0.2, 0) is 0 Å². The molecule has 1 aromatic heterocycles. The quantitative estimate of drug-likeness (QED) is 0.713. The molecule has 0 saturated heterocycles. The fraction of sp³-hybridized carbons (Fsp3) is 0.214. The number of rotatable bonds is 5. The summed E-state index contributed by atoms with van der Waals surface area (Å²) in [6.45, 7) is 2.67. The highest BCUT2D eigenvalue weighted by Crippen LogP contribution is 2.33. The molecule has 0 radical (unpaired) electrons. The second kappa shape index (κ2) is 7.24. The van der Waals surface area contributed by atoms with Gasteiger partial charge in [-0.05, 0) is 56.5 Å². The molecule has 0 saturated carbocycles. The Kier molecular flexibility index (Phi) is 5.63. The van der Waals surface area contributed by atoms with E-state index < -0.39 is 0 Å². The van der Waals surface area contributed by atoms with Gasteiger partial charge in [0, 0.05) is 4.47 Å². The molecular formula is C14H13Br2NO2S. The van der Waals surface area contributed by atoms with Crippen molar-refractivity contribution in [1.29, 1.82) is 0 Å². The molecule has 0 spiro atoms. The molecule has 0 atom stereocenters. The van der Waals surface area contributed by atoms with E-state index in [4.69, 9.17) is 4.74 Å². The largest absolute Gasteiger partial charge is 0.491 e. The number of halogens is 2. The molecule has 1 aromatic carbocycles. The van der Waals surface area contributed by atoms with E-state index >= 15 is 0 Å². The van der Waals surface area contributed by atoms with Gasteiger partial charge in [-0.25, -0.2) is 0 Å². The predicted molar refractivity (Wildman–Crippen MR) is 89.9 cm³/mol. The molecule has 20 heavy (non-hydrogen) atoms. The van der Waals surface area contributed by atoms with Crippen LogP contribution in [0.3, 0.4) is 0 Å². The van der Waals surface area contributed by atoms with Crippen LogP contribution in [0.4, 0.5) is 5.69 Å². The first kappa shape index (κ1) is 15.5. The van der Waals surface area contributed by atoms with Gasteiger partial charge in [0.05, 0.1) is 21.0 Å². The molecule has 1 heterocycles. The van der Waals surface area contributed by atoms with Gasteiger partial charge in [-0.3, -0.25) is 4.79 Å². The van der Waals surface area contributed by atoms with E-state index in [0.29, 0.717) is 22.9 Å². The number of nitrogens with one attached hydrogen (secondary N) is 1. The summed E-state index contributed by atoms with van der Waals surface area (Å²) in [5.74, 6) is 0.548. The van der Waals surface area contributed by atoms with E-state index in [2.05, 4.69) is 37.2 Å². The van der Waals surface area contributed by atoms with Gasteiger partial charge in [-0.15, -0.1) is 11.3 Å². The van der Waals surface area contributed by atoms with Gasteiger partial charge in [-0.2, -0.15) is 0 Å². The smallest absolute Gasteiger partial charge is 0.265 e. The van der Waals surface area contributed by atoms with Crippen LogP contribution in [0.2, 0.25) is 0 Å². The summed E-state index contributed by atoms with van der Waals surface area (Å²) in [7, 11) is 0.